The zero-order chi connectivity index (χ0) is 21.9. The van der Waals surface area contributed by atoms with Gasteiger partial charge in [-0.25, -0.2) is 0 Å². The van der Waals surface area contributed by atoms with Gasteiger partial charge in [-0.05, 0) is 41.6 Å². The maximum atomic E-state index is 6.29. The summed E-state index contributed by atoms with van der Waals surface area (Å²) < 4.78 is 25.5. The maximum Gasteiger partial charge on any atom is 0.231 e. The number of hydrogen-bond acceptors (Lipinski definition) is 4. The van der Waals surface area contributed by atoms with Crippen molar-refractivity contribution in [3.63, 3.8) is 0 Å². The van der Waals surface area contributed by atoms with Crippen LogP contribution in [-0.2, 0) is 13.0 Å². The van der Waals surface area contributed by atoms with E-state index < -0.39 is 0 Å². The molecule has 0 unspecified atom stereocenters. The molecule has 2 aliphatic rings. The number of aryl methyl sites for hydroxylation is 2. The normalized spacial score (nSPS) is 13.3. The molecule has 0 fully saturated rings. The molecule has 0 saturated carbocycles. The van der Waals surface area contributed by atoms with Gasteiger partial charge in [0.15, 0.2) is 35.7 Å². The SMILES string of the molecule is CCCCCCCCOc1c(OC)ccc2cc3[n+](cc12)CCc1cc2c(cc1-3)OCO2.[Br-]. The second-order valence-corrected chi connectivity index (χ2v) is 8.68. The lowest BCUT2D eigenvalue weighted by molar-refractivity contribution is -0.686. The summed E-state index contributed by atoms with van der Waals surface area (Å²) in [7, 11) is 1.71. The summed E-state index contributed by atoms with van der Waals surface area (Å²) in [6.45, 7) is 4.19. The molecule has 0 N–H and O–H groups in total. The summed E-state index contributed by atoms with van der Waals surface area (Å²) in [5.74, 6) is 3.33. The first-order chi connectivity index (χ1) is 15.8. The van der Waals surface area contributed by atoms with Crippen molar-refractivity contribution < 1.29 is 40.5 Å². The second kappa shape index (κ2) is 10.6. The molecular formula is C27H32BrNO4. The molecule has 5 nitrogen and oxygen atoms in total. The van der Waals surface area contributed by atoms with E-state index in [0.29, 0.717) is 6.79 Å². The van der Waals surface area contributed by atoms with E-state index >= 15 is 0 Å². The molecule has 176 valence electrons. The highest BCUT2D eigenvalue weighted by Gasteiger charge is 2.28. The molecule has 0 aliphatic carbocycles. The quantitative estimate of drug-likeness (QED) is 0.326. The first-order valence-corrected chi connectivity index (χ1v) is 11.9. The number of halogens is 1. The summed E-state index contributed by atoms with van der Waals surface area (Å²) in [6.07, 6.45) is 10.7. The molecule has 0 bridgehead atoms. The van der Waals surface area contributed by atoms with Crippen LogP contribution in [0.25, 0.3) is 22.0 Å². The molecule has 5 rings (SSSR count). The molecule has 0 spiro atoms. The van der Waals surface area contributed by atoms with Gasteiger partial charge in [0.2, 0.25) is 12.5 Å². The summed E-state index contributed by atoms with van der Waals surface area (Å²) in [4.78, 5) is 0. The molecule has 3 aromatic rings. The molecule has 0 atom stereocenters. The monoisotopic (exact) mass is 513 g/mol. The van der Waals surface area contributed by atoms with Crippen molar-refractivity contribution in [2.45, 2.75) is 58.4 Å². The molecule has 0 saturated heterocycles. The number of hydrogen-bond donors (Lipinski definition) is 0. The number of aromatic nitrogens is 1. The number of benzene rings is 2. The minimum absolute atomic E-state index is 0. The lowest BCUT2D eigenvalue weighted by Gasteiger charge is -2.18. The highest BCUT2D eigenvalue weighted by atomic mass is 79.9. The van der Waals surface area contributed by atoms with Crippen LogP contribution >= 0.6 is 0 Å². The van der Waals surface area contributed by atoms with Crippen molar-refractivity contribution in [1.82, 2.24) is 0 Å². The number of methoxy groups -OCH3 is 1. The van der Waals surface area contributed by atoms with E-state index in [0.717, 1.165) is 59.8 Å². The molecule has 33 heavy (non-hydrogen) atoms. The van der Waals surface area contributed by atoms with E-state index in [1.165, 1.54) is 48.9 Å². The Kier molecular flexibility index (Phi) is 7.63. The Bertz CT molecular complexity index is 1130. The average Bonchev–Trinajstić information content (AvgIpc) is 3.28. The number of fused-ring (bicyclic) bond motifs is 5. The van der Waals surface area contributed by atoms with Gasteiger partial charge in [-0.3, -0.25) is 0 Å². The Labute approximate surface area is 206 Å². The van der Waals surface area contributed by atoms with Crippen LogP contribution in [-0.4, -0.2) is 20.5 Å². The Morgan fingerprint density at radius 3 is 2.58 bits per heavy atom. The lowest BCUT2D eigenvalue weighted by atomic mass is 9.95. The van der Waals surface area contributed by atoms with Gasteiger partial charge in [-0.1, -0.05) is 39.0 Å². The highest BCUT2D eigenvalue weighted by Crippen LogP contribution is 2.41. The highest BCUT2D eigenvalue weighted by molar-refractivity contribution is 5.91. The number of ether oxygens (including phenoxy) is 4. The second-order valence-electron chi connectivity index (χ2n) is 8.68. The van der Waals surface area contributed by atoms with E-state index in [1.54, 1.807) is 7.11 Å². The van der Waals surface area contributed by atoms with E-state index in [4.69, 9.17) is 18.9 Å². The van der Waals surface area contributed by atoms with Gasteiger partial charge in [-0.2, -0.15) is 4.57 Å². The third kappa shape index (κ3) is 4.77. The standard InChI is InChI=1S/C27H32NO4.BrH/c1-3-4-5-6-7-8-13-30-27-22-17-28-12-11-20-15-25-26(32-18-31-25)16-21(20)23(28)14-19(22)9-10-24(27)29-2;/h9-10,14-17H,3-8,11-13,18H2,1-2H3;1H/q+1;/p-1. The van der Waals surface area contributed by atoms with Gasteiger partial charge in [0.25, 0.3) is 0 Å². The maximum absolute atomic E-state index is 6.29. The van der Waals surface area contributed by atoms with Gasteiger partial charge in [0.05, 0.1) is 24.7 Å². The molecule has 2 aromatic carbocycles. The van der Waals surface area contributed by atoms with Crippen LogP contribution in [0, 0.1) is 0 Å². The Hall–Kier alpha value is -2.47. The van der Waals surface area contributed by atoms with Crippen LogP contribution < -0.4 is 40.5 Å². The van der Waals surface area contributed by atoms with Gasteiger partial charge in [0.1, 0.15) is 0 Å². The first kappa shape index (κ1) is 23.7. The number of rotatable bonds is 9. The summed E-state index contributed by atoms with van der Waals surface area (Å²) in [6, 6.07) is 10.6. The van der Waals surface area contributed by atoms with Crippen molar-refractivity contribution >= 4 is 10.8 Å². The van der Waals surface area contributed by atoms with E-state index in [9.17, 15) is 0 Å². The predicted molar refractivity (Wildman–Crippen MR) is 125 cm³/mol. The van der Waals surface area contributed by atoms with E-state index in [1.807, 2.05) is 6.07 Å². The summed E-state index contributed by atoms with van der Waals surface area (Å²) in [5.41, 5.74) is 3.72. The fraction of sp³-hybridized carbons (Fsp3) is 0.444. The number of unbranched alkanes of at least 4 members (excludes halogenated alkanes) is 5. The van der Waals surface area contributed by atoms with Gasteiger partial charge in [0, 0.05) is 12.5 Å². The summed E-state index contributed by atoms with van der Waals surface area (Å²) >= 11 is 0. The third-order valence-corrected chi connectivity index (χ3v) is 6.54. The van der Waals surface area contributed by atoms with Crippen LogP contribution in [0.3, 0.4) is 0 Å². The molecule has 0 radical (unpaired) electrons. The average molecular weight is 514 g/mol. The van der Waals surface area contributed by atoms with Crippen molar-refractivity contribution in [2.24, 2.45) is 0 Å². The molecule has 0 amide bonds. The Morgan fingerprint density at radius 2 is 1.76 bits per heavy atom. The fourth-order valence-corrected chi connectivity index (χ4v) is 4.76. The van der Waals surface area contributed by atoms with Gasteiger partial charge >= 0.3 is 0 Å². The predicted octanol–water partition coefficient (Wildman–Crippen LogP) is 2.83. The molecule has 2 aliphatic heterocycles. The van der Waals surface area contributed by atoms with E-state index in [2.05, 4.69) is 42.0 Å². The van der Waals surface area contributed by atoms with Crippen molar-refractivity contribution in [3.05, 3.63) is 42.1 Å². The molecular weight excluding hydrogens is 482 g/mol. The first-order valence-electron chi connectivity index (χ1n) is 11.9. The zero-order valence-electron chi connectivity index (χ0n) is 19.5. The van der Waals surface area contributed by atoms with E-state index in [-0.39, 0.29) is 17.0 Å². The smallest absolute Gasteiger partial charge is 0.231 e. The number of nitrogens with zero attached hydrogens (tertiary/aromatic N) is 1. The lowest BCUT2D eigenvalue weighted by Crippen LogP contribution is -3.00. The largest absolute Gasteiger partial charge is 1.00 e. The van der Waals surface area contributed by atoms with Gasteiger partial charge < -0.3 is 35.9 Å². The Morgan fingerprint density at radius 1 is 0.970 bits per heavy atom. The summed E-state index contributed by atoms with van der Waals surface area (Å²) in [5, 5.41) is 2.25. The van der Waals surface area contributed by atoms with Crippen molar-refractivity contribution in [3.8, 4) is 34.3 Å². The van der Waals surface area contributed by atoms with Crippen LogP contribution in [0.5, 0.6) is 23.0 Å². The topological polar surface area (TPSA) is 40.8 Å². The minimum Gasteiger partial charge on any atom is -1.00 e. The van der Waals surface area contributed by atoms with Crippen molar-refractivity contribution in [1.29, 1.82) is 0 Å². The van der Waals surface area contributed by atoms with Crippen LogP contribution in [0.4, 0.5) is 0 Å². The van der Waals surface area contributed by atoms with Gasteiger partial charge in [-0.15, -0.1) is 0 Å². The van der Waals surface area contributed by atoms with Crippen LogP contribution in [0.2, 0.25) is 0 Å². The molecule has 1 aromatic heterocycles. The Balaban J connectivity index is 0.00000259. The molecule has 6 heteroatoms. The third-order valence-electron chi connectivity index (χ3n) is 6.54. The van der Waals surface area contributed by atoms with Crippen molar-refractivity contribution in [2.75, 3.05) is 20.5 Å². The number of pyridine rings is 1. The van der Waals surface area contributed by atoms with Crippen LogP contribution in [0.1, 0.15) is 51.0 Å². The fourth-order valence-electron chi connectivity index (χ4n) is 4.76. The molecule has 3 heterocycles. The zero-order valence-corrected chi connectivity index (χ0v) is 21.1. The minimum atomic E-state index is 0. The van der Waals surface area contributed by atoms with Crippen LogP contribution in [0.15, 0.2) is 36.5 Å².